The van der Waals surface area contributed by atoms with Crippen molar-refractivity contribution in [1.29, 1.82) is 0 Å². The predicted molar refractivity (Wildman–Crippen MR) is 76.3 cm³/mol. The average molecular weight is 291 g/mol. The number of carbonyl (C=O) groups is 2. The van der Waals surface area contributed by atoms with E-state index in [1.54, 1.807) is 6.07 Å². The van der Waals surface area contributed by atoms with Crippen LogP contribution in [0.5, 0.6) is 11.5 Å². The second kappa shape index (κ2) is 8.48. The van der Waals surface area contributed by atoms with Crippen LogP contribution in [0.2, 0.25) is 0 Å². The Kier molecular flexibility index (Phi) is 6.61. The molecule has 0 atom stereocenters. The van der Waals surface area contributed by atoms with Crippen LogP contribution in [0.15, 0.2) is 18.2 Å². The van der Waals surface area contributed by atoms with Gasteiger partial charge in [0.1, 0.15) is 0 Å². The monoisotopic (exact) mass is 291 g/mol. The lowest BCUT2D eigenvalue weighted by Crippen LogP contribution is -2.29. The molecule has 0 unspecified atom stereocenters. The van der Waals surface area contributed by atoms with Gasteiger partial charge in [-0.15, -0.1) is 6.42 Å². The van der Waals surface area contributed by atoms with Gasteiger partial charge in [0, 0.05) is 0 Å². The van der Waals surface area contributed by atoms with Crippen molar-refractivity contribution in [2.75, 3.05) is 26.9 Å². The molecule has 112 valence electrons. The number of nitrogens with one attached hydrogen (secondary N) is 1. The summed E-state index contributed by atoms with van der Waals surface area (Å²) in [5.74, 6) is 2.11. The van der Waals surface area contributed by atoms with E-state index < -0.39 is 18.5 Å². The summed E-state index contributed by atoms with van der Waals surface area (Å²) in [7, 11) is 1.47. The zero-order valence-corrected chi connectivity index (χ0v) is 12.0. The first kappa shape index (κ1) is 16.4. The largest absolute Gasteiger partial charge is 0.493 e. The van der Waals surface area contributed by atoms with Crippen molar-refractivity contribution in [2.24, 2.45) is 0 Å². The molecule has 0 aliphatic rings. The molecule has 0 aromatic heterocycles. The van der Waals surface area contributed by atoms with Gasteiger partial charge < -0.3 is 19.5 Å². The van der Waals surface area contributed by atoms with Gasteiger partial charge in [0.05, 0.1) is 25.8 Å². The molecule has 0 aliphatic carbocycles. The highest BCUT2D eigenvalue weighted by Gasteiger charge is 2.13. The first-order valence-corrected chi connectivity index (χ1v) is 6.30. The fourth-order valence-electron chi connectivity index (χ4n) is 1.48. The maximum absolute atomic E-state index is 11.8. The first-order valence-electron chi connectivity index (χ1n) is 6.30. The van der Waals surface area contributed by atoms with Gasteiger partial charge >= 0.3 is 5.97 Å². The number of hydrogen-bond acceptors (Lipinski definition) is 5. The van der Waals surface area contributed by atoms with Gasteiger partial charge in [-0.05, 0) is 25.1 Å². The van der Waals surface area contributed by atoms with E-state index in [-0.39, 0.29) is 12.1 Å². The van der Waals surface area contributed by atoms with Crippen LogP contribution < -0.4 is 14.8 Å². The summed E-state index contributed by atoms with van der Waals surface area (Å²) < 4.78 is 15.3. The standard InChI is InChI=1S/C15H17NO5/c1-4-8-16-14(17)10-21-15(18)11-6-7-12(20-5-2)13(9-11)19-3/h1,6-7,9H,5,8,10H2,2-3H3,(H,16,17). The van der Waals surface area contributed by atoms with Crippen molar-refractivity contribution in [1.82, 2.24) is 5.32 Å². The highest BCUT2D eigenvalue weighted by atomic mass is 16.5. The van der Waals surface area contributed by atoms with Crippen molar-refractivity contribution in [3.8, 4) is 23.8 Å². The molecule has 21 heavy (non-hydrogen) atoms. The van der Waals surface area contributed by atoms with Crippen LogP contribution in [-0.2, 0) is 9.53 Å². The minimum Gasteiger partial charge on any atom is -0.493 e. The summed E-state index contributed by atoms with van der Waals surface area (Å²) in [5, 5.41) is 2.39. The lowest BCUT2D eigenvalue weighted by molar-refractivity contribution is -0.123. The lowest BCUT2D eigenvalue weighted by Gasteiger charge is -2.10. The molecule has 0 heterocycles. The van der Waals surface area contributed by atoms with E-state index in [2.05, 4.69) is 11.2 Å². The molecule has 0 saturated carbocycles. The second-order valence-electron chi connectivity index (χ2n) is 3.86. The molecule has 6 heteroatoms. The molecule has 1 N–H and O–H groups in total. The Morgan fingerprint density at radius 1 is 1.33 bits per heavy atom. The van der Waals surface area contributed by atoms with Crippen molar-refractivity contribution in [3.05, 3.63) is 23.8 Å². The topological polar surface area (TPSA) is 73.9 Å². The van der Waals surface area contributed by atoms with Crippen molar-refractivity contribution in [2.45, 2.75) is 6.92 Å². The molecule has 0 radical (unpaired) electrons. The summed E-state index contributed by atoms with van der Waals surface area (Å²) in [6.07, 6.45) is 5.00. The van der Waals surface area contributed by atoms with Gasteiger partial charge in [-0.2, -0.15) is 0 Å². The SMILES string of the molecule is C#CCNC(=O)COC(=O)c1ccc(OCC)c(OC)c1. The van der Waals surface area contributed by atoms with Crippen molar-refractivity contribution >= 4 is 11.9 Å². The number of methoxy groups -OCH3 is 1. The van der Waals surface area contributed by atoms with Crippen LogP contribution in [0, 0.1) is 12.3 Å². The van der Waals surface area contributed by atoms with Crippen LogP contribution in [0.4, 0.5) is 0 Å². The normalized spacial score (nSPS) is 9.38. The fourth-order valence-corrected chi connectivity index (χ4v) is 1.48. The minimum absolute atomic E-state index is 0.0905. The van der Waals surface area contributed by atoms with E-state index >= 15 is 0 Å². The van der Waals surface area contributed by atoms with E-state index in [1.165, 1.54) is 19.2 Å². The number of carbonyl (C=O) groups excluding carboxylic acids is 2. The summed E-state index contributed by atoms with van der Waals surface area (Å²) in [4.78, 5) is 23.1. The number of esters is 1. The Morgan fingerprint density at radius 3 is 2.71 bits per heavy atom. The van der Waals surface area contributed by atoms with Gasteiger partial charge in [0.25, 0.3) is 5.91 Å². The molecule has 0 saturated heterocycles. The van der Waals surface area contributed by atoms with Gasteiger partial charge in [0.2, 0.25) is 0 Å². The molecular weight excluding hydrogens is 274 g/mol. The average Bonchev–Trinajstić information content (AvgIpc) is 2.51. The highest BCUT2D eigenvalue weighted by Crippen LogP contribution is 2.28. The fraction of sp³-hybridized carbons (Fsp3) is 0.333. The maximum atomic E-state index is 11.8. The van der Waals surface area contributed by atoms with E-state index in [4.69, 9.17) is 20.6 Å². The smallest absolute Gasteiger partial charge is 0.338 e. The van der Waals surface area contributed by atoms with Crippen LogP contribution in [0.1, 0.15) is 17.3 Å². The third-order valence-electron chi connectivity index (χ3n) is 2.42. The van der Waals surface area contributed by atoms with Gasteiger partial charge in [-0.1, -0.05) is 5.92 Å². The first-order chi connectivity index (χ1) is 10.1. The van der Waals surface area contributed by atoms with E-state index in [1.807, 2.05) is 6.92 Å². The number of rotatable bonds is 7. The molecule has 1 amide bonds. The molecule has 0 fully saturated rings. The van der Waals surface area contributed by atoms with Gasteiger partial charge in [-0.3, -0.25) is 4.79 Å². The predicted octanol–water partition coefficient (Wildman–Crippen LogP) is 1.00. The zero-order valence-electron chi connectivity index (χ0n) is 12.0. The number of benzene rings is 1. The van der Waals surface area contributed by atoms with E-state index in [9.17, 15) is 9.59 Å². The Labute approximate surface area is 123 Å². The van der Waals surface area contributed by atoms with Crippen LogP contribution in [0.25, 0.3) is 0 Å². The summed E-state index contributed by atoms with van der Waals surface area (Å²) >= 11 is 0. The Balaban J connectivity index is 2.66. The van der Waals surface area contributed by atoms with Crippen LogP contribution >= 0.6 is 0 Å². The number of ether oxygens (including phenoxy) is 3. The van der Waals surface area contributed by atoms with Crippen LogP contribution in [0.3, 0.4) is 0 Å². The van der Waals surface area contributed by atoms with Crippen molar-refractivity contribution < 1.29 is 23.8 Å². The summed E-state index contributed by atoms with van der Waals surface area (Å²) in [6.45, 7) is 2.02. The molecule has 0 aliphatic heterocycles. The lowest BCUT2D eigenvalue weighted by atomic mass is 10.2. The van der Waals surface area contributed by atoms with E-state index in [0.29, 0.717) is 18.1 Å². The Bertz CT molecular complexity index is 547. The third-order valence-corrected chi connectivity index (χ3v) is 2.42. The second-order valence-corrected chi connectivity index (χ2v) is 3.86. The number of terminal acetylenes is 1. The quantitative estimate of drug-likeness (QED) is 0.599. The Morgan fingerprint density at radius 2 is 2.10 bits per heavy atom. The molecule has 0 spiro atoms. The number of amides is 1. The molecular formula is C15H17NO5. The highest BCUT2D eigenvalue weighted by molar-refractivity contribution is 5.92. The zero-order chi connectivity index (χ0) is 15.7. The van der Waals surface area contributed by atoms with Gasteiger partial charge in [0.15, 0.2) is 18.1 Å². The van der Waals surface area contributed by atoms with Crippen molar-refractivity contribution in [3.63, 3.8) is 0 Å². The molecule has 6 nitrogen and oxygen atoms in total. The third kappa shape index (κ3) is 5.07. The Hall–Kier alpha value is -2.68. The van der Waals surface area contributed by atoms with E-state index in [0.717, 1.165) is 0 Å². The maximum Gasteiger partial charge on any atom is 0.338 e. The van der Waals surface area contributed by atoms with Gasteiger partial charge in [-0.25, -0.2) is 4.79 Å². The molecule has 1 aromatic rings. The summed E-state index contributed by atoms with van der Waals surface area (Å²) in [5.41, 5.74) is 0.264. The minimum atomic E-state index is -0.632. The number of hydrogen-bond donors (Lipinski definition) is 1. The molecule has 0 bridgehead atoms. The summed E-state index contributed by atoms with van der Waals surface area (Å²) in [6, 6.07) is 4.64. The van der Waals surface area contributed by atoms with Crippen LogP contribution in [-0.4, -0.2) is 38.7 Å². The molecule has 1 rings (SSSR count). The molecule has 1 aromatic carbocycles.